The van der Waals surface area contributed by atoms with Crippen molar-refractivity contribution in [1.82, 2.24) is 14.9 Å². The summed E-state index contributed by atoms with van der Waals surface area (Å²) >= 11 is 0. The van der Waals surface area contributed by atoms with Crippen molar-refractivity contribution in [2.75, 3.05) is 18.8 Å². The Balaban J connectivity index is 1.38. The van der Waals surface area contributed by atoms with Crippen LogP contribution in [0.1, 0.15) is 41.6 Å². The Hall–Kier alpha value is -2.43. The number of nitrogens with two attached hydrogens (primary N) is 1. The molecule has 136 valence electrons. The van der Waals surface area contributed by atoms with Gasteiger partial charge < -0.3 is 10.6 Å². The van der Waals surface area contributed by atoms with Crippen molar-refractivity contribution in [1.29, 1.82) is 0 Å². The van der Waals surface area contributed by atoms with E-state index in [9.17, 15) is 4.79 Å². The number of carbonyl (C=O) groups is 1. The van der Waals surface area contributed by atoms with Crippen molar-refractivity contribution in [2.45, 2.75) is 44.9 Å². The zero-order chi connectivity index (χ0) is 17.9. The van der Waals surface area contributed by atoms with Crippen LogP contribution in [0.4, 0.5) is 5.82 Å². The highest BCUT2D eigenvalue weighted by Crippen LogP contribution is 2.25. The molecule has 2 aliphatic rings. The van der Waals surface area contributed by atoms with Crippen molar-refractivity contribution in [3.8, 4) is 0 Å². The van der Waals surface area contributed by atoms with Crippen molar-refractivity contribution >= 4 is 11.7 Å². The van der Waals surface area contributed by atoms with Gasteiger partial charge in [0, 0.05) is 25.5 Å². The van der Waals surface area contributed by atoms with E-state index in [1.807, 2.05) is 4.90 Å². The second-order valence-electron chi connectivity index (χ2n) is 7.57. The molecule has 1 amide bonds. The topological polar surface area (TPSA) is 72.1 Å². The van der Waals surface area contributed by atoms with Crippen LogP contribution in [0, 0.1) is 5.92 Å². The third kappa shape index (κ3) is 3.71. The Labute approximate surface area is 154 Å². The summed E-state index contributed by atoms with van der Waals surface area (Å²) in [6.07, 6.45) is 10.3. The summed E-state index contributed by atoms with van der Waals surface area (Å²) in [4.78, 5) is 23.3. The highest BCUT2D eigenvalue weighted by molar-refractivity contribution is 5.79. The maximum Gasteiger partial charge on any atom is 0.226 e. The zero-order valence-electron chi connectivity index (χ0n) is 15.2. The second-order valence-corrected chi connectivity index (χ2v) is 7.57. The fraction of sp³-hybridized carbons (Fsp3) is 0.476. The normalized spacial score (nSPS) is 19.4. The second kappa shape index (κ2) is 7.44. The number of piperidine rings is 1. The molecule has 1 aliphatic heterocycles. The SMILES string of the molecule is Nc1nccnc1C[C@@H]1CCCN(C(=O)Cc2ccc3c(c2)CCC3)C1. The molecule has 2 heterocycles. The molecule has 0 unspecified atom stereocenters. The van der Waals surface area contributed by atoms with Gasteiger partial charge >= 0.3 is 0 Å². The lowest BCUT2D eigenvalue weighted by Gasteiger charge is -2.33. The van der Waals surface area contributed by atoms with Gasteiger partial charge in [-0.25, -0.2) is 4.98 Å². The van der Waals surface area contributed by atoms with Crippen LogP contribution in [0.25, 0.3) is 0 Å². The summed E-state index contributed by atoms with van der Waals surface area (Å²) in [5, 5.41) is 0. The van der Waals surface area contributed by atoms with Crippen molar-refractivity contribution in [2.24, 2.45) is 5.92 Å². The lowest BCUT2D eigenvalue weighted by atomic mass is 9.92. The van der Waals surface area contributed by atoms with Gasteiger partial charge in [-0.2, -0.15) is 0 Å². The average Bonchev–Trinajstić information content (AvgIpc) is 3.12. The molecular weight excluding hydrogens is 324 g/mol. The molecule has 4 rings (SSSR count). The molecule has 1 aliphatic carbocycles. The largest absolute Gasteiger partial charge is 0.382 e. The summed E-state index contributed by atoms with van der Waals surface area (Å²) in [7, 11) is 0. The van der Waals surface area contributed by atoms with Crippen molar-refractivity contribution in [3.05, 3.63) is 53.0 Å². The van der Waals surface area contributed by atoms with Gasteiger partial charge in [-0.1, -0.05) is 18.2 Å². The minimum atomic E-state index is 0.236. The number of benzene rings is 1. The fourth-order valence-corrected chi connectivity index (χ4v) is 4.29. The van der Waals surface area contributed by atoms with E-state index >= 15 is 0 Å². The molecule has 26 heavy (non-hydrogen) atoms. The fourth-order valence-electron chi connectivity index (χ4n) is 4.29. The van der Waals surface area contributed by atoms with Gasteiger partial charge in [0.05, 0.1) is 12.1 Å². The van der Waals surface area contributed by atoms with Crippen LogP contribution < -0.4 is 5.73 Å². The molecule has 2 aromatic rings. The maximum absolute atomic E-state index is 12.8. The molecule has 5 nitrogen and oxygen atoms in total. The molecule has 1 aromatic carbocycles. The van der Waals surface area contributed by atoms with Gasteiger partial charge in [-0.15, -0.1) is 0 Å². The third-order valence-electron chi connectivity index (χ3n) is 5.68. The number of hydrogen-bond acceptors (Lipinski definition) is 4. The quantitative estimate of drug-likeness (QED) is 0.920. The van der Waals surface area contributed by atoms with Gasteiger partial charge in [0.2, 0.25) is 5.91 Å². The van der Waals surface area contributed by atoms with E-state index in [2.05, 4.69) is 28.2 Å². The van der Waals surface area contributed by atoms with Crippen molar-refractivity contribution < 1.29 is 4.79 Å². The molecular formula is C21H26N4O. The van der Waals surface area contributed by atoms with E-state index in [0.29, 0.717) is 18.2 Å². The Morgan fingerprint density at radius 1 is 1.15 bits per heavy atom. The van der Waals surface area contributed by atoms with Gasteiger partial charge in [0.15, 0.2) is 0 Å². The van der Waals surface area contributed by atoms with E-state index in [-0.39, 0.29) is 5.91 Å². The highest BCUT2D eigenvalue weighted by atomic mass is 16.2. The molecule has 1 aromatic heterocycles. The molecule has 2 N–H and O–H groups in total. The van der Waals surface area contributed by atoms with Gasteiger partial charge in [-0.05, 0) is 61.1 Å². The number of rotatable bonds is 4. The molecule has 0 radical (unpaired) electrons. The van der Waals surface area contributed by atoms with Crippen molar-refractivity contribution in [3.63, 3.8) is 0 Å². The van der Waals surface area contributed by atoms with Crippen LogP contribution >= 0.6 is 0 Å². The Bertz CT molecular complexity index is 804. The monoisotopic (exact) mass is 350 g/mol. The number of aromatic nitrogens is 2. The van der Waals surface area contributed by atoms with Crippen LogP contribution in [0.2, 0.25) is 0 Å². The van der Waals surface area contributed by atoms with E-state index in [1.54, 1.807) is 12.4 Å². The number of likely N-dealkylation sites (tertiary alicyclic amines) is 1. The summed E-state index contributed by atoms with van der Waals surface area (Å²) in [5.74, 6) is 1.15. The maximum atomic E-state index is 12.8. The smallest absolute Gasteiger partial charge is 0.226 e. The lowest BCUT2D eigenvalue weighted by Crippen LogP contribution is -2.41. The average molecular weight is 350 g/mol. The molecule has 1 atom stereocenters. The van der Waals surface area contributed by atoms with E-state index in [1.165, 1.54) is 24.0 Å². The van der Waals surface area contributed by atoms with E-state index in [4.69, 9.17) is 5.73 Å². The Morgan fingerprint density at radius 3 is 2.88 bits per heavy atom. The number of hydrogen-bond donors (Lipinski definition) is 1. The minimum absolute atomic E-state index is 0.236. The summed E-state index contributed by atoms with van der Waals surface area (Å²) in [5.41, 5.74) is 10.8. The lowest BCUT2D eigenvalue weighted by molar-refractivity contribution is -0.132. The summed E-state index contributed by atoms with van der Waals surface area (Å²) in [6, 6.07) is 6.58. The molecule has 0 saturated carbocycles. The Kier molecular flexibility index (Phi) is 4.87. The molecule has 0 spiro atoms. The molecule has 1 saturated heterocycles. The van der Waals surface area contributed by atoms with Gasteiger partial charge in [0.1, 0.15) is 5.82 Å². The number of nitrogens with zero attached hydrogens (tertiary/aromatic N) is 3. The predicted octanol–water partition coefficient (Wildman–Crippen LogP) is 2.57. The molecule has 1 fully saturated rings. The first-order valence-electron chi connectivity index (χ1n) is 9.63. The number of carbonyl (C=O) groups excluding carboxylic acids is 1. The Morgan fingerprint density at radius 2 is 2.00 bits per heavy atom. The number of aryl methyl sites for hydroxylation is 2. The molecule has 0 bridgehead atoms. The van der Waals surface area contributed by atoms with Gasteiger partial charge in [0.25, 0.3) is 0 Å². The number of nitrogen functional groups attached to an aromatic ring is 1. The first-order chi connectivity index (χ1) is 12.7. The van der Waals surface area contributed by atoms with Crippen LogP contribution in [0.5, 0.6) is 0 Å². The minimum Gasteiger partial charge on any atom is -0.382 e. The third-order valence-corrected chi connectivity index (χ3v) is 5.68. The summed E-state index contributed by atoms with van der Waals surface area (Å²) in [6.45, 7) is 1.65. The van der Waals surface area contributed by atoms with Gasteiger partial charge in [-0.3, -0.25) is 9.78 Å². The highest BCUT2D eigenvalue weighted by Gasteiger charge is 2.25. The first kappa shape index (κ1) is 17.0. The van der Waals surface area contributed by atoms with Crippen LogP contribution in [-0.2, 0) is 30.5 Å². The van der Waals surface area contributed by atoms with E-state index in [0.717, 1.165) is 50.0 Å². The van der Waals surface area contributed by atoms with Crippen LogP contribution in [-0.4, -0.2) is 33.9 Å². The number of amides is 1. The standard InChI is InChI=1S/C21H26N4O/c22-21-19(23-8-9-24-21)12-16-3-2-10-25(14-16)20(26)13-15-6-7-17-4-1-5-18(17)11-15/h6-9,11,16H,1-5,10,12-14H2,(H2,22,24)/t16-/m0/s1. The number of fused-ring (bicyclic) bond motifs is 1. The first-order valence-corrected chi connectivity index (χ1v) is 9.63. The summed E-state index contributed by atoms with van der Waals surface area (Å²) < 4.78 is 0. The predicted molar refractivity (Wildman–Crippen MR) is 102 cm³/mol. The number of anilines is 1. The molecule has 5 heteroatoms. The van der Waals surface area contributed by atoms with Crippen LogP contribution in [0.3, 0.4) is 0 Å². The van der Waals surface area contributed by atoms with Crippen LogP contribution in [0.15, 0.2) is 30.6 Å². The zero-order valence-corrected chi connectivity index (χ0v) is 15.2. The van der Waals surface area contributed by atoms with E-state index < -0.39 is 0 Å².